The summed E-state index contributed by atoms with van der Waals surface area (Å²) in [5, 5.41) is 25.0. The van der Waals surface area contributed by atoms with Crippen LogP contribution in [0.5, 0.6) is 23.0 Å². The highest BCUT2D eigenvalue weighted by molar-refractivity contribution is 7.08. The van der Waals surface area contributed by atoms with E-state index in [1.54, 1.807) is 12.1 Å². The molecule has 0 unspecified atom stereocenters. The van der Waals surface area contributed by atoms with Gasteiger partial charge in [-0.2, -0.15) is 16.6 Å². The smallest absolute Gasteiger partial charge is 0.143 e. The maximum Gasteiger partial charge on any atom is 0.143 e. The lowest BCUT2D eigenvalue weighted by molar-refractivity contribution is 0.183. The number of phenolic OH excluding ortho intramolecular Hbond substituents is 1. The predicted molar refractivity (Wildman–Crippen MR) is 143 cm³/mol. The first-order valence-electron chi connectivity index (χ1n) is 11.6. The van der Waals surface area contributed by atoms with Gasteiger partial charge in [0, 0.05) is 33.8 Å². The Morgan fingerprint density at radius 2 is 1.69 bits per heavy atom. The van der Waals surface area contributed by atoms with Gasteiger partial charge in [-0.3, -0.25) is 4.90 Å². The highest BCUT2D eigenvalue weighted by Gasteiger charge is 2.16. The van der Waals surface area contributed by atoms with Crippen molar-refractivity contribution in [2.45, 2.75) is 19.3 Å². The van der Waals surface area contributed by atoms with Crippen LogP contribution in [0.15, 0.2) is 65.4 Å². The molecule has 0 spiro atoms. The number of ether oxygens (including phenoxy) is 2. The maximum absolute atomic E-state index is 9.93. The molecule has 1 aliphatic heterocycles. The van der Waals surface area contributed by atoms with Crippen molar-refractivity contribution >= 4 is 34.5 Å². The monoisotopic (exact) mass is 506 g/mol. The molecule has 180 valence electrons. The van der Waals surface area contributed by atoms with Crippen molar-refractivity contribution in [2.24, 2.45) is 0 Å². The fraction of sp³-hybridized carbons (Fsp3) is 0.250. The number of halogens is 1. The molecular formula is C28H27ClN2O3S. The quantitative estimate of drug-likeness (QED) is 0.286. The molecule has 1 N–H and O–H groups in total. The second kappa shape index (κ2) is 11.5. The average Bonchev–Trinajstić information content (AvgIpc) is 3.34. The summed E-state index contributed by atoms with van der Waals surface area (Å²) in [6, 6.07) is 19.0. The summed E-state index contributed by atoms with van der Waals surface area (Å²) in [5.41, 5.74) is 2.30. The molecule has 1 fully saturated rings. The third kappa shape index (κ3) is 5.71. The summed E-state index contributed by atoms with van der Waals surface area (Å²) in [5.74, 6) is 2.35. The first kappa shape index (κ1) is 24.9. The number of hydrogen-bond donors (Lipinski definition) is 1. The standard InChI is InChI=1S/C28H26N2O3S.ClH/c29-17-21-18-34-19-27(21)26-10-4-20-16-22(31)5-11-25(20)28(26)33-24-8-6-23(7-9-24)32-15-14-30-12-2-1-3-13-30;/h4-11,16,18-19,31H,1-3,12-15H2;1H. The number of nitriles is 1. The van der Waals surface area contributed by atoms with Crippen LogP contribution in [0.2, 0.25) is 0 Å². The van der Waals surface area contributed by atoms with Crippen LogP contribution in [-0.2, 0) is 0 Å². The Morgan fingerprint density at radius 1 is 0.914 bits per heavy atom. The zero-order valence-electron chi connectivity index (χ0n) is 19.3. The molecule has 5 nitrogen and oxygen atoms in total. The SMILES string of the molecule is Cl.N#Cc1cscc1-c1ccc2cc(O)ccc2c1Oc1ccc(OCCN2CCCCC2)cc1. The minimum Gasteiger partial charge on any atom is -0.508 e. The van der Waals surface area contributed by atoms with Gasteiger partial charge < -0.3 is 14.6 Å². The summed E-state index contributed by atoms with van der Waals surface area (Å²) >= 11 is 1.49. The van der Waals surface area contributed by atoms with Crippen molar-refractivity contribution in [1.29, 1.82) is 5.26 Å². The average molecular weight is 507 g/mol. The molecule has 0 saturated carbocycles. The summed E-state index contributed by atoms with van der Waals surface area (Å²) in [6.45, 7) is 3.95. The number of rotatable bonds is 7. The topological polar surface area (TPSA) is 65.7 Å². The molecule has 3 aromatic carbocycles. The van der Waals surface area contributed by atoms with Crippen LogP contribution in [0.1, 0.15) is 24.8 Å². The van der Waals surface area contributed by atoms with Gasteiger partial charge in [0.25, 0.3) is 0 Å². The second-order valence-electron chi connectivity index (χ2n) is 8.48. The van der Waals surface area contributed by atoms with Gasteiger partial charge >= 0.3 is 0 Å². The molecule has 0 bridgehead atoms. The zero-order chi connectivity index (χ0) is 23.3. The summed E-state index contributed by atoms with van der Waals surface area (Å²) in [6.07, 6.45) is 3.90. The Kier molecular flexibility index (Phi) is 8.14. The molecule has 1 saturated heterocycles. The van der Waals surface area contributed by atoms with Gasteiger partial charge in [0.15, 0.2) is 0 Å². The number of phenols is 1. The number of piperidine rings is 1. The number of thiophene rings is 1. The van der Waals surface area contributed by atoms with E-state index in [2.05, 4.69) is 11.0 Å². The highest BCUT2D eigenvalue weighted by atomic mass is 35.5. The number of likely N-dealkylation sites (tertiary alicyclic amines) is 1. The van der Waals surface area contributed by atoms with Crippen molar-refractivity contribution in [3.8, 4) is 40.2 Å². The molecule has 5 rings (SSSR count). The van der Waals surface area contributed by atoms with E-state index in [1.165, 1.54) is 43.7 Å². The Labute approximate surface area is 215 Å². The number of nitrogens with zero attached hydrogens (tertiary/aromatic N) is 2. The second-order valence-corrected chi connectivity index (χ2v) is 9.23. The molecular weight excluding hydrogens is 480 g/mol. The van der Waals surface area contributed by atoms with Crippen molar-refractivity contribution < 1.29 is 14.6 Å². The first-order chi connectivity index (χ1) is 16.7. The first-order valence-corrected chi connectivity index (χ1v) is 12.5. The summed E-state index contributed by atoms with van der Waals surface area (Å²) in [4.78, 5) is 2.46. The maximum atomic E-state index is 9.93. The van der Waals surface area contributed by atoms with Gasteiger partial charge in [-0.15, -0.1) is 12.4 Å². The van der Waals surface area contributed by atoms with Crippen LogP contribution in [-0.4, -0.2) is 36.2 Å². The Balaban J connectivity index is 0.00000289. The minimum atomic E-state index is 0. The van der Waals surface area contributed by atoms with E-state index in [0.717, 1.165) is 34.2 Å². The fourth-order valence-corrected chi connectivity index (χ4v) is 5.17. The van der Waals surface area contributed by atoms with Crippen LogP contribution in [0, 0.1) is 11.3 Å². The van der Waals surface area contributed by atoms with Gasteiger partial charge in [0.2, 0.25) is 0 Å². The van der Waals surface area contributed by atoms with Gasteiger partial charge in [-0.25, -0.2) is 0 Å². The molecule has 2 heterocycles. The van der Waals surface area contributed by atoms with E-state index in [0.29, 0.717) is 23.7 Å². The third-order valence-corrected chi connectivity index (χ3v) is 6.94. The molecule has 0 aliphatic carbocycles. The van der Waals surface area contributed by atoms with Crippen molar-refractivity contribution in [2.75, 3.05) is 26.2 Å². The van der Waals surface area contributed by atoms with E-state index in [4.69, 9.17) is 9.47 Å². The Hall–Kier alpha value is -3.24. The van der Waals surface area contributed by atoms with Crippen molar-refractivity contribution in [3.05, 3.63) is 70.9 Å². The predicted octanol–water partition coefficient (Wildman–Crippen LogP) is 7.22. The molecule has 0 radical (unpaired) electrons. The lowest BCUT2D eigenvalue weighted by Crippen LogP contribution is -2.33. The van der Waals surface area contributed by atoms with E-state index in [-0.39, 0.29) is 18.2 Å². The Bertz CT molecular complexity index is 1320. The van der Waals surface area contributed by atoms with E-state index in [1.807, 2.05) is 53.2 Å². The molecule has 4 aromatic rings. The fourth-order valence-electron chi connectivity index (χ4n) is 4.40. The van der Waals surface area contributed by atoms with Crippen LogP contribution in [0.4, 0.5) is 0 Å². The van der Waals surface area contributed by atoms with Crippen LogP contribution < -0.4 is 9.47 Å². The zero-order valence-corrected chi connectivity index (χ0v) is 20.9. The number of aromatic hydroxyl groups is 1. The lowest BCUT2D eigenvalue weighted by Gasteiger charge is -2.26. The van der Waals surface area contributed by atoms with Gasteiger partial charge in [0.05, 0.1) is 5.56 Å². The molecule has 7 heteroatoms. The number of hydrogen-bond acceptors (Lipinski definition) is 6. The van der Waals surface area contributed by atoms with E-state index in [9.17, 15) is 10.4 Å². The third-order valence-electron chi connectivity index (χ3n) is 6.20. The highest BCUT2D eigenvalue weighted by Crippen LogP contribution is 2.42. The minimum absolute atomic E-state index is 0. The van der Waals surface area contributed by atoms with Crippen molar-refractivity contribution in [1.82, 2.24) is 4.90 Å². The normalized spacial score (nSPS) is 13.7. The van der Waals surface area contributed by atoms with Crippen LogP contribution >= 0.6 is 23.7 Å². The van der Waals surface area contributed by atoms with Gasteiger partial charge in [-0.1, -0.05) is 12.5 Å². The largest absolute Gasteiger partial charge is 0.508 e. The number of fused-ring (bicyclic) bond motifs is 1. The van der Waals surface area contributed by atoms with Gasteiger partial charge in [0.1, 0.15) is 35.7 Å². The Morgan fingerprint density at radius 3 is 2.46 bits per heavy atom. The molecule has 0 atom stereocenters. The number of benzene rings is 3. The van der Waals surface area contributed by atoms with Crippen LogP contribution in [0.25, 0.3) is 21.9 Å². The lowest BCUT2D eigenvalue weighted by atomic mass is 9.99. The summed E-state index contributed by atoms with van der Waals surface area (Å²) in [7, 11) is 0. The van der Waals surface area contributed by atoms with Crippen molar-refractivity contribution in [3.63, 3.8) is 0 Å². The molecule has 1 aromatic heterocycles. The van der Waals surface area contributed by atoms with E-state index < -0.39 is 0 Å². The summed E-state index contributed by atoms with van der Waals surface area (Å²) < 4.78 is 12.3. The van der Waals surface area contributed by atoms with E-state index >= 15 is 0 Å². The molecule has 35 heavy (non-hydrogen) atoms. The van der Waals surface area contributed by atoms with Gasteiger partial charge in [-0.05, 0) is 79.8 Å². The van der Waals surface area contributed by atoms with Crippen LogP contribution in [0.3, 0.4) is 0 Å². The molecule has 1 aliphatic rings. The molecule has 0 amide bonds.